The lowest BCUT2D eigenvalue weighted by molar-refractivity contribution is 0.368. The van der Waals surface area contributed by atoms with E-state index in [4.69, 9.17) is 30.0 Å². The van der Waals surface area contributed by atoms with Crippen LogP contribution in [0.5, 0.6) is 34.5 Å². The third kappa shape index (κ3) is 13.7. The third-order valence-electron chi connectivity index (χ3n) is 5.52. The number of phenolic OH excluding ortho intramolecular Hbond substituents is 6. The summed E-state index contributed by atoms with van der Waals surface area (Å²) in [6, 6.07) is 14.8. The molecule has 0 aliphatic heterocycles. The Morgan fingerprint density at radius 3 is 0.675 bits per heavy atom. The number of hydrogen-bond donors (Lipinski definition) is 9. The smallest absolute Gasteiger partial charge is 0.324 e. The van der Waals surface area contributed by atoms with Gasteiger partial charge in [0.05, 0.1) is 0 Å². The van der Waals surface area contributed by atoms with Crippen LogP contribution in [0.15, 0.2) is 54.6 Å². The van der Waals surface area contributed by atoms with E-state index < -0.39 is 8.60 Å². The fourth-order valence-electron chi connectivity index (χ4n) is 2.97. The summed E-state index contributed by atoms with van der Waals surface area (Å²) < 4.78 is 0. The number of phenols is 6. The van der Waals surface area contributed by atoms with Crippen molar-refractivity contribution in [3.8, 4) is 34.5 Å². The monoisotopic (exact) mass is 580 g/mol. The first kappa shape index (κ1) is 36.8. The van der Waals surface area contributed by atoms with Crippen LogP contribution < -0.4 is 0 Å². The average molecular weight is 581 g/mol. The molecule has 3 aromatic rings. The van der Waals surface area contributed by atoms with Gasteiger partial charge in [-0.05, 0) is 69.3 Å². The van der Waals surface area contributed by atoms with Crippen LogP contribution in [0.25, 0.3) is 0 Å². The highest BCUT2D eigenvalue weighted by atomic mass is 31.2. The molecule has 40 heavy (non-hydrogen) atoms. The van der Waals surface area contributed by atoms with E-state index in [0.29, 0.717) is 0 Å². The maximum absolute atomic E-state index is 9.21. The topological polar surface area (TPSA) is 182 Å². The highest BCUT2D eigenvalue weighted by Crippen LogP contribution is 2.33. The van der Waals surface area contributed by atoms with Crippen LogP contribution in [0, 0.1) is 0 Å². The summed E-state index contributed by atoms with van der Waals surface area (Å²) in [6.07, 6.45) is 0. The van der Waals surface area contributed by atoms with Crippen molar-refractivity contribution in [2.75, 3.05) is 0 Å². The summed E-state index contributed by atoms with van der Waals surface area (Å²) in [7, 11) is -2.62. The number of benzene rings is 3. The molecule has 3 rings (SSSR count). The minimum absolute atomic E-state index is 0.00514. The van der Waals surface area contributed by atoms with Crippen molar-refractivity contribution in [1.29, 1.82) is 0 Å². The highest BCUT2D eigenvalue weighted by Gasteiger charge is 2.16. The number of rotatable bonds is 0. The van der Waals surface area contributed by atoms with E-state index in [9.17, 15) is 15.3 Å². The molecule has 0 atom stereocenters. The fourth-order valence-corrected chi connectivity index (χ4v) is 2.97. The second-order valence-electron chi connectivity index (χ2n) is 12.1. The van der Waals surface area contributed by atoms with E-state index >= 15 is 0 Å². The van der Waals surface area contributed by atoms with Crippen LogP contribution in [0.2, 0.25) is 0 Å². The van der Waals surface area contributed by atoms with Crippen molar-refractivity contribution in [1.82, 2.24) is 0 Å². The quantitative estimate of drug-likeness (QED) is 0.108. The Hall–Kier alpha value is -3.23. The van der Waals surface area contributed by atoms with Gasteiger partial charge in [0.15, 0.2) is 34.5 Å². The largest absolute Gasteiger partial charge is 0.504 e. The number of aromatic hydroxyl groups is 6. The predicted octanol–water partition coefficient (Wildman–Crippen LogP) is 6.38. The van der Waals surface area contributed by atoms with Crippen LogP contribution in [-0.2, 0) is 16.2 Å². The van der Waals surface area contributed by atoms with Gasteiger partial charge in [-0.1, -0.05) is 80.5 Å². The van der Waals surface area contributed by atoms with E-state index in [1.165, 1.54) is 18.2 Å². The molecule has 0 aliphatic carbocycles. The molecular formula is C30H45O9P. The van der Waals surface area contributed by atoms with Gasteiger partial charge in [-0.15, -0.1) is 0 Å². The molecule has 0 fully saturated rings. The average Bonchev–Trinajstić information content (AvgIpc) is 2.78. The molecule has 0 spiro atoms. The lowest BCUT2D eigenvalue weighted by Gasteiger charge is -2.19. The Labute approximate surface area is 238 Å². The van der Waals surface area contributed by atoms with Crippen molar-refractivity contribution in [2.45, 2.75) is 78.6 Å². The summed E-state index contributed by atoms with van der Waals surface area (Å²) in [4.78, 5) is 21.7. The zero-order valence-electron chi connectivity index (χ0n) is 24.7. The van der Waals surface area contributed by atoms with Gasteiger partial charge in [0.1, 0.15) is 0 Å². The van der Waals surface area contributed by atoms with Gasteiger partial charge in [0, 0.05) is 0 Å². The maximum atomic E-state index is 9.21. The van der Waals surface area contributed by atoms with Crippen molar-refractivity contribution >= 4 is 8.60 Å². The van der Waals surface area contributed by atoms with Crippen LogP contribution in [0.3, 0.4) is 0 Å². The minimum atomic E-state index is -2.62. The first-order chi connectivity index (χ1) is 18.0. The molecule has 0 unspecified atom stereocenters. The first-order valence-corrected chi connectivity index (χ1v) is 13.6. The normalized spacial score (nSPS) is 11.3. The fraction of sp³-hybridized carbons (Fsp3) is 0.400. The molecule has 0 saturated carbocycles. The summed E-state index contributed by atoms with van der Waals surface area (Å²) in [5.41, 5.74) is 3.05. The zero-order valence-corrected chi connectivity index (χ0v) is 25.6. The van der Waals surface area contributed by atoms with Gasteiger partial charge in [-0.2, -0.15) is 0 Å². The van der Waals surface area contributed by atoms with Crippen molar-refractivity contribution in [3.05, 3.63) is 71.3 Å². The van der Waals surface area contributed by atoms with Gasteiger partial charge in [0.25, 0.3) is 0 Å². The first-order valence-electron chi connectivity index (χ1n) is 12.4. The Morgan fingerprint density at radius 2 is 0.550 bits per heavy atom. The van der Waals surface area contributed by atoms with Crippen LogP contribution in [0.1, 0.15) is 79.0 Å². The van der Waals surface area contributed by atoms with E-state index in [0.717, 1.165) is 16.7 Å². The molecule has 0 aromatic heterocycles. The molecule has 9 nitrogen and oxygen atoms in total. The number of hydrogen-bond acceptors (Lipinski definition) is 9. The Morgan fingerprint density at radius 1 is 0.375 bits per heavy atom. The second-order valence-corrected chi connectivity index (χ2v) is 12.7. The van der Waals surface area contributed by atoms with Gasteiger partial charge in [0.2, 0.25) is 0 Å². The minimum Gasteiger partial charge on any atom is -0.504 e. The molecule has 0 aliphatic rings. The zero-order chi connectivity index (χ0) is 31.6. The summed E-state index contributed by atoms with van der Waals surface area (Å²) in [6.45, 7) is 18.5. The molecule has 0 heterocycles. The molecule has 0 saturated heterocycles. The van der Waals surface area contributed by atoms with E-state index in [-0.39, 0.29) is 50.7 Å². The predicted molar refractivity (Wildman–Crippen MR) is 159 cm³/mol. The van der Waals surface area contributed by atoms with Gasteiger partial charge in [-0.3, -0.25) is 0 Å². The Bertz CT molecular complexity index is 1060. The Balaban J connectivity index is 0.000000534. The SMILES string of the molecule is CC(C)(C)c1ccc(O)c(O)c1.CC(C)(C)c1ccc(O)c(O)c1.CC(C)(C)c1ccc(O)c(O)c1.OP(O)O. The van der Waals surface area contributed by atoms with Gasteiger partial charge < -0.3 is 45.3 Å². The van der Waals surface area contributed by atoms with Gasteiger partial charge in [-0.25, -0.2) is 0 Å². The standard InChI is InChI=1S/3C10H14O2.H3O3P/c3*1-10(2,3)7-4-5-8(11)9(12)6-7;1-4(2)3/h3*4-6,11-12H,1-3H3;1-3H. The van der Waals surface area contributed by atoms with Gasteiger partial charge >= 0.3 is 8.60 Å². The van der Waals surface area contributed by atoms with Crippen molar-refractivity contribution in [2.24, 2.45) is 0 Å². The highest BCUT2D eigenvalue weighted by molar-refractivity contribution is 7.38. The molecule has 0 bridgehead atoms. The van der Waals surface area contributed by atoms with Crippen LogP contribution in [-0.4, -0.2) is 45.3 Å². The summed E-state index contributed by atoms with van der Waals surface area (Å²) >= 11 is 0. The summed E-state index contributed by atoms with van der Waals surface area (Å²) in [5, 5.41) is 54.8. The molecule has 0 radical (unpaired) electrons. The van der Waals surface area contributed by atoms with E-state index in [2.05, 4.69) is 62.3 Å². The summed E-state index contributed by atoms with van der Waals surface area (Å²) in [5.74, 6) is -0.360. The molecule has 3 aromatic carbocycles. The van der Waals surface area contributed by atoms with E-state index in [1.54, 1.807) is 18.2 Å². The lowest BCUT2D eigenvalue weighted by Crippen LogP contribution is -2.10. The lowest BCUT2D eigenvalue weighted by atomic mass is 9.87. The van der Waals surface area contributed by atoms with Crippen molar-refractivity contribution < 1.29 is 45.3 Å². The molecule has 10 heteroatoms. The van der Waals surface area contributed by atoms with E-state index in [1.807, 2.05) is 18.2 Å². The molecule has 224 valence electrons. The second kappa shape index (κ2) is 15.0. The molecular weight excluding hydrogens is 535 g/mol. The Kier molecular flexibility index (Phi) is 13.7. The third-order valence-corrected chi connectivity index (χ3v) is 5.52. The maximum Gasteiger partial charge on any atom is 0.324 e. The molecule has 0 amide bonds. The van der Waals surface area contributed by atoms with Crippen LogP contribution >= 0.6 is 8.60 Å². The molecule has 9 N–H and O–H groups in total. The van der Waals surface area contributed by atoms with Crippen LogP contribution in [0.4, 0.5) is 0 Å². The van der Waals surface area contributed by atoms with Crippen molar-refractivity contribution in [3.63, 3.8) is 0 Å².